The van der Waals surface area contributed by atoms with Gasteiger partial charge in [0.2, 0.25) is 5.91 Å². The number of aromatic nitrogens is 2. The highest BCUT2D eigenvalue weighted by Crippen LogP contribution is 2.04. The van der Waals surface area contributed by atoms with Crippen LogP contribution in [0, 0.1) is 0 Å². The number of nitrogens with zero attached hydrogens (tertiary/aromatic N) is 2. The molecule has 0 saturated carbocycles. The number of rotatable bonds is 3. The molecule has 0 atom stereocenters. The van der Waals surface area contributed by atoms with Crippen molar-refractivity contribution in [2.75, 3.05) is 11.2 Å². The fourth-order valence-electron chi connectivity index (χ4n) is 0.795. The van der Waals surface area contributed by atoms with Crippen LogP contribution in [-0.4, -0.2) is 21.6 Å². The molecule has 0 aromatic carbocycles. The van der Waals surface area contributed by atoms with Crippen LogP contribution < -0.4 is 5.32 Å². The highest BCUT2D eigenvalue weighted by atomic mass is 35.5. The van der Waals surface area contributed by atoms with E-state index >= 15 is 0 Å². The van der Waals surface area contributed by atoms with E-state index < -0.39 is 0 Å². The highest BCUT2D eigenvalue weighted by molar-refractivity contribution is 6.29. The van der Waals surface area contributed by atoms with Crippen LogP contribution in [0.15, 0.2) is 12.4 Å². The number of nitrogens with one attached hydrogen (secondary N) is 1. The van der Waals surface area contributed by atoms with Crippen LogP contribution in [0.5, 0.6) is 0 Å². The number of hydrogen-bond acceptors (Lipinski definition) is 2. The molecule has 0 radical (unpaired) electrons. The molecule has 1 N–H and O–H groups in total. The van der Waals surface area contributed by atoms with Crippen molar-refractivity contribution < 1.29 is 4.79 Å². The normalized spacial score (nSPS) is 9.08. The van der Waals surface area contributed by atoms with Gasteiger partial charge in [0.25, 0.3) is 0 Å². The average molecular weight is 224 g/mol. The van der Waals surface area contributed by atoms with Gasteiger partial charge in [0, 0.05) is 12.7 Å². The van der Waals surface area contributed by atoms with Crippen LogP contribution in [0.3, 0.4) is 0 Å². The smallest absolute Gasteiger partial charge is 0.239 e. The first-order valence-corrected chi connectivity index (χ1v) is 4.18. The summed E-state index contributed by atoms with van der Waals surface area (Å²) >= 11 is 5.30. The second-order valence-electron chi connectivity index (χ2n) is 2.27. The number of amides is 1. The Morgan fingerprint density at radius 2 is 2.46 bits per heavy atom. The van der Waals surface area contributed by atoms with Gasteiger partial charge < -0.3 is 5.32 Å². The fraction of sp³-hybridized carbons (Fsp3) is 0.429. The van der Waals surface area contributed by atoms with Gasteiger partial charge in [-0.2, -0.15) is 5.10 Å². The molecule has 74 valence electrons. The molecule has 0 spiro atoms. The van der Waals surface area contributed by atoms with E-state index in [1.165, 1.54) is 0 Å². The molecule has 0 aliphatic carbocycles. The molecule has 0 saturated heterocycles. The van der Waals surface area contributed by atoms with Gasteiger partial charge in [0.15, 0.2) is 0 Å². The van der Waals surface area contributed by atoms with Gasteiger partial charge in [-0.25, -0.2) is 0 Å². The Morgan fingerprint density at radius 3 is 2.92 bits per heavy atom. The SMILES string of the molecule is CCn1cc(NC(=O)CCl)cn1.Cl. The van der Waals surface area contributed by atoms with Crippen molar-refractivity contribution in [2.24, 2.45) is 0 Å². The van der Waals surface area contributed by atoms with Crippen molar-refractivity contribution in [1.29, 1.82) is 0 Å². The summed E-state index contributed by atoms with van der Waals surface area (Å²) in [5.74, 6) is -0.246. The van der Waals surface area contributed by atoms with Crippen LogP contribution in [-0.2, 0) is 11.3 Å². The summed E-state index contributed by atoms with van der Waals surface area (Å²) in [5.41, 5.74) is 0.683. The third-order valence-corrected chi connectivity index (χ3v) is 1.61. The minimum Gasteiger partial charge on any atom is -0.322 e. The standard InChI is InChI=1S/C7H10ClN3O.ClH/c1-2-11-5-6(4-9-11)10-7(12)3-8;/h4-5H,2-3H2,1H3,(H,10,12);1H. The zero-order chi connectivity index (χ0) is 8.97. The van der Waals surface area contributed by atoms with E-state index in [9.17, 15) is 4.79 Å². The third-order valence-electron chi connectivity index (χ3n) is 1.36. The summed E-state index contributed by atoms with van der Waals surface area (Å²) in [6, 6.07) is 0. The highest BCUT2D eigenvalue weighted by Gasteiger charge is 2.01. The first-order valence-electron chi connectivity index (χ1n) is 3.64. The van der Waals surface area contributed by atoms with Crippen molar-refractivity contribution in [1.82, 2.24) is 9.78 Å². The van der Waals surface area contributed by atoms with Crippen molar-refractivity contribution in [2.45, 2.75) is 13.5 Å². The topological polar surface area (TPSA) is 46.9 Å². The predicted octanol–water partition coefficient (Wildman–Crippen LogP) is 1.50. The molecule has 1 rings (SSSR count). The van der Waals surface area contributed by atoms with Gasteiger partial charge >= 0.3 is 0 Å². The number of aryl methyl sites for hydroxylation is 1. The minimum atomic E-state index is -0.215. The lowest BCUT2D eigenvalue weighted by molar-refractivity contribution is -0.113. The molecule has 4 nitrogen and oxygen atoms in total. The summed E-state index contributed by atoms with van der Waals surface area (Å²) in [6.45, 7) is 2.76. The fourth-order valence-corrected chi connectivity index (χ4v) is 0.862. The molecule has 0 aliphatic rings. The van der Waals surface area contributed by atoms with Crippen LogP contribution >= 0.6 is 24.0 Å². The number of carbonyl (C=O) groups is 1. The van der Waals surface area contributed by atoms with Crippen LogP contribution in [0.25, 0.3) is 0 Å². The van der Waals surface area contributed by atoms with Crippen LogP contribution in [0.1, 0.15) is 6.92 Å². The molecule has 1 heterocycles. The summed E-state index contributed by atoms with van der Waals surface area (Å²) in [6.07, 6.45) is 3.35. The maximum atomic E-state index is 10.8. The van der Waals surface area contributed by atoms with Crippen molar-refractivity contribution in [3.05, 3.63) is 12.4 Å². The van der Waals surface area contributed by atoms with Crippen LogP contribution in [0.2, 0.25) is 0 Å². The Hall–Kier alpha value is -0.740. The Balaban J connectivity index is 0.00000144. The van der Waals surface area contributed by atoms with Crippen molar-refractivity contribution in [3.63, 3.8) is 0 Å². The Bertz CT molecular complexity index is 274. The Kier molecular flexibility index (Phi) is 5.50. The average Bonchev–Trinajstić information content (AvgIpc) is 2.52. The largest absolute Gasteiger partial charge is 0.322 e. The monoisotopic (exact) mass is 223 g/mol. The molecule has 13 heavy (non-hydrogen) atoms. The second-order valence-corrected chi connectivity index (χ2v) is 2.53. The van der Waals surface area contributed by atoms with E-state index in [4.69, 9.17) is 11.6 Å². The molecule has 0 bridgehead atoms. The van der Waals surface area contributed by atoms with E-state index in [0.717, 1.165) is 6.54 Å². The van der Waals surface area contributed by atoms with E-state index in [-0.39, 0.29) is 24.2 Å². The number of alkyl halides is 1. The van der Waals surface area contributed by atoms with Crippen molar-refractivity contribution in [3.8, 4) is 0 Å². The van der Waals surface area contributed by atoms with Gasteiger partial charge in [-0.15, -0.1) is 24.0 Å². The lowest BCUT2D eigenvalue weighted by Gasteiger charge is -1.96. The Labute approximate surface area is 87.7 Å². The number of carbonyl (C=O) groups excluding carboxylic acids is 1. The maximum Gasteiger partial charge on any atom is 0.239 e. The number of anilines is 1. The Morgan fingerprint density at radius 1 is 1.77 bits per heavy atom. The summed E-state index contributed by atoms with van der Waals surface area (Å²) < 4.78 is 1.73. The molecule has 0 fully saturated rings. The second kappa shape index (κ2) is 5.83. The molecule has 0 aliphatic heterocycles. The zero-order valence-electron chi connectivity index (χ0n) is 7.16. The lowest BCUT2D eigenvalue weighted by Crippen LogP contribution is -2.11. The molecule has 6 heteroatoms. The van der Waals surface area contributed by atoms with Gasteiger partial charge in [-0.3, -0.25) is 9.48 Å². The van der Waals surface area contributed by atoms with Crippen molar-refractivity contribution >= 4 is 35.6 Å². The van der Waals surface area contributed by atoms with E-state index in [2.05, 4.69) is 10.4 Å². The molecular formula is C7H11Cl2N3O. The lowest BCUT2D eigenvalue weighted by atomic mass is 10.5. The quantitative estimate of drug-likeness (QED) is 0.791. The van der Waals surface area contributed by atoms with E-state index in [1.807, 2.05) is 6.92 Å². The first kappa shape index (κ1) is 12.3. The zero-order valence-corrected chi connectivity index (χ0v) is 8.73. The summed E-state index contributed by atoms with van der Waals surface area (Å²) in [4.78, 5) is 10.8. The van der Waals surface area contributed by atoms with Gasteiger partial charge in [-0.05, 0) is 6.92 Å². The number of hydrogen-bond donors (Lipinski definition) is 1. The van der Waals surface area contributed by atoms with Gasteiger partial charge in [0.05, 0.1) is 11.9 Å². The summed E-state index contributed by atoms with van der Waals surface area (Å²) in [7, 11) is 0. The summed E-state index contributed by atoms with van der Waals surface area (Å²) in [5, 5.41) is 6.57. The molecular weight excluding hydrogens is 213 g/mol. The third kappa shape index (κ3) is 3.65. The molecule has 0 unspecified atom stereocenters. The van der Waals surface area contributed by atoms with Gasteiger partial charge in [-0.1, -0.05) is 0 Å². The first-order chi connectivity index (χ1) is 5.76. The minimum absolute atomic E-state index is 0. The van der Waals surface area contributed by atoms with E-state index in [0.29, 0.717) is 5.69 Å². The maximum absolute atomic E-state index is 10.8. The molecule has 1 aromatic heterocycles. The molecule has 1 aromatic rings. The number of halogens is 2. The van der Waals surface area contributed by atoms with Crippen LogP contribution in [0.4, 0.5) is 5.69 Å². The predicted molar refractivity (Wildman–Crippen MR) is 54.5 cm³/mol. The molecule has 1 amide bonds. The van der Waals surface area contributed by atoms with E-state index in [1.54, 1.807) is 17.1 Å². The van der Waals surface area contributed by atoms with Gasteiger partial charge in [0.1, 0.15) is 5.88 Å².